The van der Waals surface area contributed by atoms with E-state index in [1.165, 1.54) is 56.3 Å². The summed E-state index contributed by atoms with van der Waals surface area (Å²) >= 11 is 0. The minimum atomic E-state index is -0.623. The molecular weight excluding hydrogens is 308 g/mol. The van der Waals surface area contributed by atoms with Crippen LogP contribution in [0.15, 0.2) is 30.3 Å². The number of rotatable bonds is 14. The van der Waals surface area contributed by atoms with Crippen LogP contribution in [0.2, 0.25) is 0 Å². The van der Waals surface area contributed by atoms with E-state index >= 15 is 0 Å². The van der Waals surface area contributed by atoms with Crippen LogP contribution in [0.4, 0.5) is 0 Å². The van der Waals surface area contributed by atoms with Crippen molar-refractivity contribution in [1.29, 1.82) is 5.26 Å². The van der Waals surface area contributed by atoms with Crippen LogP contribution in [-0.4, -0.2) is 25.4 Å². The Bertz CT molecular complexity index is 495. The van der Waals surface area contributed by atoms with Crippen molar-refractivity contribution in [2.24, 2.45) is 0 Å². The summed E-state index contributed by atoms with van der Waals surface area (Å²) in [4.78, 5) is 14.1. The second kappa shape index (κ2) is 13.6. The van der Waals surface area contributed by atoms with Crippen molar-refractivity contribution < 1.29 is 9.69 Å². The predicted octanol–water partition coefficient (Wildman–Crippen LogP) is 3.91. The van der Waals surface area contributed by atoms with Gasteiger partial charge in [-0.25, -0.2) is 0 Å². The van der Waals surface area contributed by atoms with Gasteiger partial charge in [0.05, 0.1) is 19.2 Å². The molecule has 0 spiro atoms. The van der Waals surface area contributed by atoms with Crippen molar-refractivity contribution in [3.63, 3.8) is 0 Å². The number of nitrogens with zero attached hydrogens (tertiary/aromatic N) is 1. The van der Waals surface area contributed by atoms with E-state index in [1.54, 1.807) is 0 Å². The first-order valence-corrected chi connectivity index (χ1v) is 10.0. The van der Waals surface area contributed by atoms with Crippen LogP contribution >= 0.6 is 0 Å². The van der Waals surface area contributed by atoms with Crippen LogP contribution in [0.3, 0.4) is 0 Å². The molecule has 0 radical (unpaired) electrons. The Labute approximate surface area is 154 Å². The van der Waals surface area contributed by atoms with Gasteiger partial charge in [-0.15, -0.1) is 0 Å². The molecule has 0 saturated carbocycles. The Morgan fingerprint density at radius 2 is 1.52 bits per heavy atom. The van der Waals surface area contributed by atoms with E-state index in [-0.39, 0.29) is 5.78 Å². The summed E-state index contributed by atoms with van der Waals surface area (Å²) in [6.07, 6.45) is 9.82. The number of benzene rings is 1. The van der Waals surface area contributed by atoms with Gasteiger partial charge >= 0.3 is 0 Å². The van der Waals surface area contributed by atoms with Gasteiger partial charge in [-0.1, -0.05) is 69.9 Å². The Kier molecular flexibility index (Phi) is 11.6. The van der Waals surface area contributed by atoms with Gasteiger partial charge in [0, 0.05) is 0 Å². The van der Waals surface area contributed by atoms with E-state index in [0.717, 1.165) is 18.7 Å². The Hall–Kier alpha value is -1.66. The van der Waals surface area contributed by atoms with Gasteiger partial charge in [0.15, 0.2) is 0 Å². The molecule has 0 heterocycles. The van der Waals surface area contributed by atoms with Gasteiger partial charge in [-0.05, 0) is 31.2 Å². The first-order chi connectivity index (χ1) is 12.2. The molecule has 3 nitrogen and oxygen atoms in total. The molecule has 1 N–H and O–H groups in total. The fraction of sp³-hybridized carbons (Fsp3) is 0.636. The number of carbonyl (C=O) groups is 1. The quantitative estimate of drug-likeness (QED) is 0.521. The third kappa shape index (κ3) is 8.84. The fourth-order valence-electron chi connectivity index (χ4n) is 3.23. The van der Waals surface area contributed by atoms with E-state index < -0.39 is 5.92 Å². The maximum absolute atomic E-state index is 12.7. The molecule has 1 aromatic rings. The molecule has 25 heavy (non-hydrogen) atoms. The number of carbonyl (C=O) groups excluding carboxylic acids is 1. The number of ketones is 1. The van der Waals surface area contributed by atoms with Crippen molar-refractivity contribution in [2.75, 3.05) is 19.6 Å². The van der Waals surface area contributed by atoms with Gasteiger partial charge in [0.25, 0.3) is 0 Å². The molecule has 1 atom stereocenters. The predicted molar refractivity (Wildman–Crippen MR) is 104 cm³/mol. The van der Waals surface area contributed by atoms with Crippen molar-refractivity contribution in [1.82, 2.24) is 0 Å². The molecule has 0 aliphatic rings. The highest BCUT2D eigenvalue weighted by atomic mass is 16.1. The molecular formula is C22H35N2O+. The summed E-state index contributed by atoms with van der Waals surface area (Å²) < 4.78 is 0. The van der Waals surface area contributed by atoms with Crippen molar-refractivity contribution in [2.45, 2.75) is 71.1 Å². The van der Waals surface area contributed by atoms with Crippen LogP contribution < -0.4 is 4.90 Å². The zero-order valence-corrected chi connectivity index (χ0v) is 16.1. The summed E-state index contributed by atoms with van der Waals surface area (Å²) in [5.41, 5.74) is 0.825. The normalized spacial score (nSPS) is 12.1. The van der Waals surface area contributed by atoms with Crippen LogP contribution in [0.5, 0.6) is 0 Å². The SMILES string of the molecule is CCCCCC[NH+](CCCCCC)CC(=O)[C@@H](C#N)c1ccccc1. The lowest BCUT2D eigenvalue weighted by molar-refractivity contribution is -0.892. The molecule has 0 amide bonds. The minimum absolute atomic E-state index is 0.0645. The average molecular weight is 344 g/mol. The van der Waals surface area contributed by atoms with Gasteiger partial charge in [-0.2, -0.15) is 5.26 Å². The molecule has 3 heteroatoms. The number of nitrogens with one attached hydrogen (secondary N) is 1. The second-order valence-electron chi connectivity index (χ2n) is 6.99. The monoisotopic (exact) mass is 343 g/mol. The fourth-order valence-corrected chi connectivity index (χ4v) is 3.23. The summed E-state index contributed by atoms with van der Waals surface area (Å²) in [5, 5.41) is 9.47. The summed E-state index contributed by atoms with van der Waals surface area (Å²) in [6, 6.07) is 11.7. The Morgan fingerprint density at radius 1 is 0.960 bits per heavy atom. The van der Waals surface area contributed by atoms with E-state index in [2.05, 4.69) is 19.9 Å². The number of hydrogen-bond acceptors (Lipinski definition) is 2. The van der Waals surface area contributed by atoms with E-state index in [0.29, 0.717) is 6.54 Å². The molecule has 0 aliphatic heterocycles. The zero-order chi connectivity index (χ0) is 18.3. The highest BCUT2D eigenvalue weighted by Gasteiger charge is 2.24. The molecule has 1 aromatic carbocycles. The van der Waals surface area contributed by atoms with Crippen LogP contribution in [0, 0.1) is 11.3 Å². The minimum Gasteiger partial charge on any atom is -0.329 e. The number of unbranched alkanes of at least 4 members (excludes halogenated alkanes) is 6. The van der Waals surface area contributed by atoms with Crippen LogP contribution in [-0.2, 0) is 4.79 Å². The third-order valence-electron chi connectivity index (χ3n) is 4.78. The van der Waals surface area contributed by atoms with Crippen molar-refractivity contribution in [3.8, 4) is 6.07 Å². The molecule has 0 aromatic heterocycles. The van der Waals surface area contributed by atoms with Gasteiger partial charge in [0.1, 0.15) is 12.5 Å². The zero-order valence-electron chi connectivity index (χ0n) is 16.1. The van der Waals surface area contributed by atoms with Crippen LogP contribution in [0.1, 0.15) is 76.7 Å². The van der Waals surface area contributed by atoms with Gasteiger partial charge < -0.3 is 4.90 Å². The summed E-state index contributed by atoms with van der Waals surface area (Å²) in [7, 11) is 0. The molecule has 0 fully saturated rings. The standard InChI is InChI=1S/C22H34N2O/c1-3-5-7-12-16-24(17-13-8-6-4-2)19-22(25)21(18-23)20-14-10-9-11-15-20/h9-11,14-15,21H,3-8,12-13,16-17,19H2,1-2H3/p+1/t21-/m0/s1. The number of nitriles is 1. The highest BCUT2D eigenvalue weighted by molar-refractivity contribution is 5.89. The van der Waals surface area contributed by atoms with E-state index in [4.69, 9.17) is 0 Å². The Morgan fingerprint density at radius 3 is 2.00 bits per heavy atom. The molecule has 0 aliphatic carbocycles. The lowest BCUT2D eigenvalue weighted by Crippen LogP contribution is -3.13. The second-order valence-corrected chi connectivity index (χ2v) is 6.99. The van der Waals surface area contributed by atoms with E-state index in [9.17, 15) is 10.1 Å². The highest BCUT2D eigenvalue weighted by Crippen LogP contribution is 2.14. The summed E-state index contributed by atoms with van der Waals surface area (Å²) in [5.74, 6) is -0.558. The number of quaternary nitrogens is 1. The average Bonchev–Trinajstić information content (AvgIpc) is 2.63. The molecule has 0 bridgehead atoms. The molecule has 1 rings (SSSR count). The molecule has 0 unspecified atom stereocenters. The first kappa shape index (κ1) is 21.4. The number of hydrogen-bond donors (Lipinski definition) is 1. The maximum atomic E-state index is 12.7. The largest absolute Gasteiger partial charge is 0.329 e. The van der Waals surface area contributed by atoms with Gasteiger partial charge in [0.2, 0.25) is 5.78 Å². The topological polar surface area (TPSA) is 45.3 Å². The Balaban J connectivity index is 2.59. The summed E-state index contributed by atoms with van der Waals surface area (Å²) in [6.45, 7) is 7.01. The maximum Gasteiger partial charge on any atom is 0.208 e. The molecule has 138 valence electrons. The lowest BCUT2D eigenvalue weighted by atomic mass is 9.95. The number of Topliss-reactive ketones (excluding diaryl/α,β-unsaturated/α-hetero) is 1. The lowest BCUT2D eigenvalue weighted by Gasteiger charge is -2.20. The van der Waals surface area contributed by atoms with Gasteiger partial charge in [-0.3, -0.25) is 4.79 Å². The molecule has 0 saturated heterocycles. The van der Waals surface area contributed by atoms with Crippen molar-refractivity contribution >= 4 is 5.78 Å². The van der Waals surface area contributed by atoms with E-state index in [1.807, 2.05) is 30.3 Å². The third-order valence-corrected chi connectivity index (χ3v) is 4.78. The van der Waals surface area contributed by atoms with Crippen LogP contribution in [0.25, 0.3) is 0 Å². The first-order valence-electron chi connectivity index (χ1n) is 10.0. The smallest absolute Gasteiger partial charge is 0.208 e. The van der Waals surface area contributed by atoms with Crippen molar-refractivity contribution in [3.05, 3.63) is 35.9 Å².